The molecule has 20 heavy (non-hydrogen) atoms. The molecule has 1 saturated heterocycles. The molecule has 1 aliphatic heterocycles. The molecule has 112 valence electrons. The Morgan fingerprint density at radius 3 is 2.60 bits per heavy atom. The van der Waals surface area contributed by atoms with Crippen molar-refractivity contribution < 1.29 is 12.8 Å². The van der Waals surface area contributed by atoms with E-state index in [0.717, 1.165) is 12.5 Å². The Balaban J connectivity index is 2.38. The van der Waals surface area contributed by atoms with Crippen LogP contribution in [0.4, 0.5) is 10.1 Å². The number of nitrogens with zero attached hydrogens (tertiary/aromatic N) is 1. The van der Waals surface area contributed by atoms with Crippen LogP contribution in [0.25, 0.3) is 0 Å². The van der Waals surface area contributed by atoms with E-state index in [1.165, 1.54) is 10.4 Å². The first-order valence-electron chi connectivity index (χ1n) is 6.48. The zero-order valence-electron chi connectivity index (χ0n) is 11.4. The summed E-state index contributed by atoms with van der Waals surface area (Å²) in [7, 11) is -3.65. The van der Waals surface area contributed by atoms with Crippen LogP contribution in [-0.2, 0) is 10.0 Å². The Morgan fingerprint density at radius 2 is 2.00 bits per heavy atom. The van der Waals surface area contributed by atoms with Crippen LogP contribution < -0.4 is 5.73 Å². The van der Waals surface area contributed by atoms with Crippen molar-refractivity contribution in [3.8, 4) is 0 Å². The number of rotatable bonds is 2. The number of sulfonamides is 1. The van der Waals surface area contributed by atoms with Crippen LogP contribution in [0.5, 0.6) is 0 Å². The van der Waals surface area contributed by atoms with Gasteiger partial charge >= 0.3 is 0 Å². The van der Waals surface area contributed by atoms with Gasteiger partial charge < -0.3 is 5.73 Å². The fraction of sp³-hybridized carbons (Fsp3) is 0.538. The SMILES string of the molecule is CC1CCN(S(=O)(=O)c2cc(N)c(F)cc2Br)CC1C. The van der Waals surface area contributed by atoms with E-state index in [0.29, 0.717) is 24.9 Å². The molecule has 0 spiro atoms. The molecule has 0 aromatic heterocycles. The highest BCUT2D eigenvalue weighted by molar-refractivity contribution is 9.10. The van der Waals surface area contributed by atoms with Gasteiger partial charge in [-0.1, -0.05) is 13.8 Å². The number of hydrogen-bond acceptors (Lipinski definition) is 3. The molecule has 1 heterocycles. The maximum absolute atomic E-state index is 13.3. The van der Waals surface area contributed by atoms with E-state index in [2.05, 4.69) is 22.9 Å². The third kappa shape index (κ3) is 2.84. The summed E-state index contributed by atoms with van der Waals surface area (Å²) in [6, 6.07) is 2.27. The summed E-state index contributed by atoms with van der Waals surface area (Å²) in [5.41, 5.74) is 5.32. The van der Waals surface area contributed by atoms with Crippen LogP contribution >= 0.6 is 15.9 Å². The highest BCUT2D eigenvalue weighted by Gasteiger charge is 2.33. The minimum Gasteiger partial charge on any atom is -0.396 e. The minimum atomic E-state index is -3.65. The molecule has 1 aromatic rings. The van der Waals surface area contributed by atoms with Gasteiger partial charge in [0.1, 0.15) is 5.82 Å². The van der Waals surface area contributed by atoms with Crippen molar-refractivity contribution >= 4 is 31.6 Å². The maximum atomic E-state index is 13.3. The number of piperidine rings is 1. The molecule has 7 heteroatoms. The Morgan fingerprint density at radius 1 is 1.35 bits per heavy atom. The van der Waals surface area contributed by atoms with E-state index < -0.39 is 15.8 Å². The van der Waals surface area contributed by atoms with E-state index in [-0.39, 0.29) is 15.1 Å². The number of nitrogens with two attached hydrogens (primary N) is 1. The molecule has 2 N–H and O–H groups in total. The molecule has 0 aliphatic carbocycles. The molecule has 0 amide bonds. The predicted octanol–water partition coefficient (Wildman–Crippen LogP) is 2.84. The van der Waals surface area contributed by atoms with Gasteiger partial charge in [0.15, 0.2) is 0 Å². The second-order valence-corrected chi connectivity index (χ2v) is 8.17. The van der Waals surface area contributed by atoms with Crippen LogP contribution in [-0.4, -0.2) is 25.8 Å². The first-order valence-corrected chi connectivity index (χ1v) is 8.71. The molecule has 1 aromatic carbocycles. The summed E-state index contributed by atoms with van der Waals surface area (Å²) < 4.78 is 40.3. The van der Waals surface area contributed by atoms with E-state index in [4.69, 9.17) is 5.73 Å². The molecular weight excluding hydrogens is 347 g/mol. The van der Waals surface area contributed by atoms with Crippen molar-refractivity contribution in [2.45, 2.75) is 25.2 Å². The molecule has 2 unspecified atom stereocenters. The Labute approximate surface area is 127 Å². The van der Waals surface area contributed by atoms with Crippen molar-refractivity contribution in [3.63, 3.8) is 0 Å². The summed E-state index contributed by atoms with van der Waals surface area (Å²) >= 11 is 3.11. The second kappa shape index (κ2) is 5.61. The van der Waals surface area contributed by atoms with Crippen LogP contribution in [0.1, 0.15) is 20.3 Å². The highest BCUT2D eigenvalue weighted by Crippen LogP contribution is 2.32. The van der Waals surface area contributed by atoms with Crippen LogP contribution in [0, 0.1) is 17.7 Å². The molecule has 0 saturated carbocycles. The normalized spacial score (nSPS) is 24.8. The number of hydrogen-bond donors (Lipinski definition) is 1. The molecule has 1 fully saturated rings. The summed E-state index contributed by atoms with van der Waals surface area (Å²) in [5.74, 6) is 0.176. The lowest BCUT2D eigenvalue weighted by molar-refractivity contribution is 0.212. The number of nitrogen functional groups attached to an aromatic ring is 1. The fourth-order valence-corrected chi connectivity index (χ4v) is 4.89. The number of anilines is 1. The quantitative estimate of drug-likeness (QED) is 0.820. The fourth-order valence-electron chi connectivity index (χ4n) is 2.32. The standard InChI is InChI=1S/C13H18BrFN2O2S/c1-8-3-4-17(7-9(8)2)20(18,19)13-6-12(16)11(15)5-10(13)14/h5-6,8-9H,3-4,7,16H2,1-2H3. The third-order valence-corrected chi connectivity index (χ3v) is 6.79. The van der Waals surface area contributed by atoms with Crippen molar-refractivity contribution in [2.75, 3.05) is 18.8 Å². The zero-order valence-corrected chi connectivity index (χ0v) is 13.8. The summed E-state index contributed by atoms with van der Waals surface area (Å²) in [5, 5.41) is 0. The van der Waals surface area contributed by atoms with Crippen molar-refractivity contribution in [3.05, 3.63) is 22.4 Å². The van der Waals surface area contributed by atoms with Crippen molar-refractivity contribution in [1.82, 2.24) is 4.31 Å². The van der Waals surface area contributed by atoms with Crippen molar-refractivity contribution in [2.24, 2.45) is 11.8 Å². The van der Waals surface area contributed by atoms with E-state index in [1.807, 2.05) is 6.92 Å². The lowest BCUT2D eigenvalue weighted by Crippen LogP contribution is -2.42. The monoisotopic (exact) mass is 364 g/mol. The Bertz CT molecular complexity index is 621. The smallest absolute Gasteiger partial charge is 0.244 e. The van der Waals surface area contributed by atoms with Gasteiger partial charge in [-0.15, -0.1) is 0 Å². The van der Waals surface area contributed by atoms with Gasteiger partial charge in [-0.2, -0.15) is 4.31 Å². The molecule has 2 rings (SSSR count). The van der Waals surface area contributed by atoms with Gasteiger partial charge in [0.2, 0.25) is 10.0 Å². The van der Waals surface area contributed by atoms with E-state index in [9.17, 15) is 12.8 Å². The largest absolute Gasteiger partial charge is 0.396 e. The van der Waals surface area contributed by atoms with Crippen LogP contribution in [0.15, 0.2) is 21.5 Å². The molecule has 0 radical (unpaired) electrons. The molecule has 2 atom stereocenters. The topological polar surface area (TPSA) is 63.4 Å². The highest BCUT2D eigenvalue weighted by atomic mass is 79.9. The van der Waals surface area contributed by atoms with Gasteiger partial charge in [0.05, 0.1) is 10.6 Å². The first kappa shape index (κ1) is 15.7. The second-order valence-electron chi connectivity index (χ2n) is 5.41. The number of halogens is 2. The van der Waals surface area contributed by atoms with Crippen molar-refractivity contribution in [1.29, 1.82) is 0 Å². The lowest BCUT2D eigenvalue weighted by Gasteiger charge is -2.34. The molecule has 1 aliphatic rings. The van der Waals surface area contributed by atoms with Gasteiger partial charge in [0.25, 0.3) is 0 Å². The lowest BCUT2D eigenvalue weighted by atomic mass is 9.90. The average molecular weight is 365 g/mol. The minimum absolute atomic E-state index is 0.0261. The van der Waals surface area contributed by atoms with Crippen LogP contribution in [0.3, 0.4) is 0 Å². The Hall–Kier alpha value is -0.660. The number of benzene rings is 1. The average Bonchev–Trinajstić information content (AvgIpc) is 2.36. The van der Waals surface area contributed by atoms with E-state index >= 15 is 0 Å². The van der Waals surface area contributed by atoms with Gasteiger partial charge in [-0.25, -0.2) is 12.8 Å². The first-order chi connectivity index (χ1) is 9.23. The van der Waals surface area contributed by atoms with E-state index in [1.54, 1.807) is 0 Å². The summed E-state index contributed by atoms with van der Waals surface area (Å²) in [6.45, 7) is 5.13. The predicted molar refractivity (Wildman–Crippen MR) is 80.2 cm³/mol. The van der Waals surface area contributed by atoms with Gasteiger partial charge in [0, 0.05) is 17.6 Å². The van der Waals surface area contributed by atoms with Gasteiger partial charge in [-0.3, -0.25) is 0 Å². The maximum Gasteiger partial charge on any atom is 0.244 e. The Kier molecular flexibility index (Phi) is 4.41. The third-order valence-electron chi connectivity index (χ3n) is 3.97. The molecule has 4 nitrogen and oxygen atoms in total. The summed E-state index contributed by atoms with van der Waals surface area (Å²) in [4.78, 5) is 0.0261. The van der Waals surface area contributed by atoms with Crippen LogP contribution in [0.2, 0.25) is 0 Å². The zero-order chi connectivity index (χ0) is 15.1. The van der Waals surface area contributed by atoms with Gasteiger partial charge in [-0.05, 0) is 46.3 Å². The molecular formula is C13H18BrFN2O2S. The summed E-state index contributed by atoms with van der Waals surface area (Å²) in [6.07, 6.45) is 0.828. The molecule has 0 bridgehead atoms.